The van der Waals surface area contributed by atoms with Crippen LogP contribution in [-0.2, 0) is 11.2 Å². The number of carbonyl (C=O) groups excluding carboxylic acids is 1. The minimum Gasteiger partial charge on any atom is -0.381 e. The van der Waals surface area contributed by atoms with E-state index in [2.05, 4.69) is 30.1 Å². The summed E-state index contributed by atoms with van der Waals surface area (Å²) >= 11 is 0. The number of ether oxygens (including phenoxy) is 1. The average Bonchev–Trinajstić information content (AvgIpc) is 3.00. The van der Waals surface area contributed by atoms with Gasteiger partial charge in [0.2, 0.25) is 0 Å². The Hall–Kier alpha value is -2.59. The van der Waals surface area contributed by atoms with Gasteiger partial charge in [-0.15, -0.1) is 0 Å². The molecule has 0 radical (unpaired) electrons. The zero-order valence-electron chi connectivity index (χ0n) is 13.6. The molecule has 122 valence electrons. The van der Waals surface area contributed by atoms with Crippen LogP contribution >= 0.6 is 0 Å². The van der Waals surface area contributed by atoms with E-state index < -0.39 is 5.91 Å². The van der Waals surface area contributed by atoms with Crippen LogP contribution < -0.4 is 5.73 Å². The number of aromatic nitrogens is 1. The molecule has 4 rings (SSSR count). The number of hydrogen-bond acceptors (Lipinski definition) is 2. The van der Waals surface area contributed by atoms with E-state index in [0.717, 1.165) is 36.1 Å². The van der Waals surface area contributed by atoms with E-state index in [-0.39, 0.29) is 0 Å². The van der Waals surface area contributed by atoms with Crippen molar-refractivity contribution >= 4 is 16.8 Å². The maximum Gasteiger partial charge on any atom is 0.250 e. The Labute approximate surface area is 140 Å². The van der Waals surface area contributed by atoms with E-state index >= 15 is 0 Å². The number of nitrogens with two attached hydrogens (primary N) is 1. The van der Waals surface area contributed by atoms with Gasteiger partial charge in [-0.1, -0.05) is 24.3 Å². The third-order valence-electron chi connectivity index (χ3n) is 4.94. The number of aromatic amines is 1. The monoisotopic (exact) mass is 320 g/mol. The maximum absolute atomic E-state index is 11.6. The normalized spacial score (nSPS) is 14.7. The maximum atomic E-state index is 11.6. The lowest BCUT2D eigenvalue weighted by Gasteiger charge is -2.27. The first-order valence-corrected chi connectivity index (χ1v) is 8.21. The van der Waals surface area contributed by atoms with Crippen molar-refractivity contribution in [2.24, 2.45) is 11.7 Å². The molecule has 1 aliphatic rings. The lowest BCUT2D eigenvalue weighted by atomic mass is 9.89. The summed E-state index contributed by atoms with van der Waals surface area (Å²) in [5.41, 5.74) is 11.8. The number of benzene rings is 2. The fourth-order valence-electron chi connectivity index (χ4n) is 3.51. The van der Waals surface area contributed by atoms with Crippen LogP contribution in [-0.4, -0.2) is 24.1 Å². The van der Waals surface area contributed by atoms with Gasteiger partial charge in [-0.05, 0) is 47.7 Å². The molecule has 1 fully saturated rings. The first-order valence-electron chi connectivity index (χ1n) is 8.21. The Morgan fingerprint density at radius 1 is 1.21 bits per heavy atom. The van der Waals surface area contributed by atoms with Crippen molar-refractivity contribution in [2.45, 2.75) is 13.3 Å². The Kier molecular flexibility index (Phi) is 3.62. The van der Waals surface area contributed by atoms with Crippen LogP contribution in [0.2, 0.25) is 0 Å². The molecular formula is C20H20N2O2. The number of nitrogens with one attached hydrogen (secondary N) is 1. The van der Waals surface area contributed by atoms with Crippen molar-refractivity contribution in [2.75, 3.05) is 13.2 Å². The van der Waals surface area contributed by atoms with Gasteiger partial charge in [-0.2, -0.15) is 0 Å². The van der Waals surface area contributed by atoms with Crippen molar-refractivity contribution in [1.29, 1.82) is 0 Å². The summed E-state index contributed by atoms with van der Waals surface area (Å²) < 4.78 is 5.30. The van der Waals surface area contributed by atoms with Crippen molar-refractivity contribution in [1.82, 2.24) is 4.98 Å². The summed E-state index contributed by atoms with van der Waals surface area (Å²) in [4.78, 5) is 14.8. The Bertz CT molecular complexity index is 923. The minimum absolute atomic E-state index is 0.413. The molecule has 2 aromatic carbocycles. The average molecular weight is 320 g/mol. The largest absolute Gasteiger partial charge is 0.381 e. The lowest BCUT2D eigenvalue weighted by Crippen LogP contribution is -2.29. The first kappa shape index (κ1) is 15.0. The predicted octanol–water partition coefficient (Wildman–Crippen LogP) is 3.43. The van der Waals surface area contributed by atoms with Crippen molar-refractivity contribution < 1.29 is 9.53 Å². The second kappa shape index (κ2) is 5.80. The molecule has 4 heteroatoms. The smallest absolute Gasteiger partial charge is 0.250 e. The van der Waals surface area contributed by atoms with Crippen LogP contribution in [0.15, 0.2) is 42.6 Å². The highest BCUT2D eigenvalue weighted by molar-refractivity contribution is 6.09. The Balaban J connectivity index is 1.83. The first-order chi connectivity index (χ1) is 11.6. The molecule has 1 aromatic heterocycles. The summed E-state index contributed by atoms with van der Waals surface area (Å²) in [6.07, 6.45) is 2.90. The quantitative estimate of drug-likeness (QED) is 0.773. The SMILES string of the molecule is Cc1c(CC2COC2)cccc1-c1ccc(C(N)=O)c2[nH]ccc12. The molecule has 0 unspecified atom stereocenters. The topological polar surface area (TPSA) is 68.1 Å². The predicted molar refractivity (Wildman–Crippen MR) is 95.0 cm³/mol. The molecule has 0 saturated carbocycles. The number of H-pyrrole nitrogens is 1. The number of fused-ring (bicyclic) bond motifs is 1. The standard InChI is InChI=1S/C20H20N2O2/c1-12-14(9-13-10-24-11-13)3-2-4-15(12)16-5-6-18(20(21)23)19-17(16)7-8-22-19/h2-8,13,22H,9-11H2,1H3,(H2,21,23). The Morgan fingerprint density at radius 3 is 2.75 bits per heavy atom. The Morgan fingerprint density at radius 2 is 2.04 bits per heavy atom. The summed E-state index contributed by atoms with van der Waals surface area (Å²) in [5.74, 6) is 0.216. The third-order valence-corrected chi connectivity index (χ3v) is 4.94. The second-order valence-electron chi connectivity index (χ2n) is 6.49. The van der Waals surface area contributed by atoms with E-state index in [4.69, 9.17) is 10.5 Å². The van der Waals surface area contributed by atoms with E-state index in [9.17, 15) is 4.79 Å². The molecule has 24 heavy (non-hydrogen) atoms. The number of amides is 1. The van der Waals surface area contributed by atoms with Crippen molar-refractivity contribution in [3.8, 4) is 11.1 Å². The molecule has 4 nitrogen and oxygen atoms in total. The molecule has 1 amide bonds. The number of primary amides is 1. The molecule has 0 spiro atoms. The fraction of sp³-hybridized carbons (Fsp3) is 0.250. The van der Waals surface area contributed by atoms with Gasteiger partial charge in [-0.25, -0.2) is 0 Å². The van der Waals surface area contributed by atoms with Crippen molar-refractivity contribution in [3.05, 3.63) is 59.3 Å². The van der Waals surface area contributed by atoms with Gasteiger partial charge in [-0.3, -0.25) is 4.79 Å². The highest BCUT2D eigenvalue weighted by Gasteiger charge is 2.20. The summed E-state index contributed by atoms with van der Waals surface area (Å²) in [6, 6.07) is 12.3. The number of hydrogen-bond donors (Lipinski definition) is 2. The molecule has 2 heterocycles. The van der Waals surface area contributed by atoms with E-state index in [1.807, 2.05) is 24.4 Å². The van der Waals surface area contributed by atoms with Crippen LogP contribution in [0.25, 0.3) is 22.0 Å². The molecule has 1 saturated heterocycles. The van der Waals surface area contributed by atoms with Crippen LogP contribution in [0.3, 0.4) is 0 Å². The fourth-order valence-corrected chi connectivity index (χ4v) is 3.51. The second-order valence-corrected chi connectivity index (χ2v) is 6.49. The van der Waals surface area contributed by atoms with Crippen LogP contribution in [0, 0.1) is 12.8 Å². The van der Waals surface area contributed by atoms with Gasteiger partial charge < -0.3 is 15.5 Å². The lowest BCUT2D eigenvalue weighted by molar-refractivity contribution is -0.0312. The molecule has 3 N–H and O–H groups in total. The number of rotatable bonds is 4. The van der Waals surface area contributed by atoms with E-state index in [1.165, 1.54) is 16.7 Å². The summed E-state index contributed by atoms with van der Waals surface area (Å²) in [7, 11) is 0. The van der Waals surface area contributed by atoms with Crippen LogP contribution in [0.5, 0.6) is 0 Å². The highest BCUT2D eigenvalue weighted by Crippen LogP contribution is 2.34. The van der Waals surface area contributed by atoms with Gasteiger partial charge in [0.15, 0.2) is 0 Å². The van der Waals surface area contributed by atoms with Gasteiger partial charge in [0.05, 0.1) is 24.3 Å². The van der Waals surface area contributed by atoms with Gasteiger partial charge in [0.25, 0.3) is 5.91 Å². The van der Waals surface area contributed by atoms with Crippen LogP contribution in [0.4, 0.5) is 0 Å². The molecule has 1 aliphatic heterocycles. The van der Waals surface area contributed by atoms with Crippen LogP contribution in [0.1, 0.15) is 21.5 Å². The van der Waals surface area contributed by atoms with Gasteiger partial charge >= 0.3 is 0 Å². The van der Waals surface area contributed by atoms with Gasteiger partial charge in [0, 0.05) is 17.5 Å². The molecule has 0 aliphatic carbocycles. The molecule has 3 aromatic rings. The zero-order valence-corrected chi connectivity index (χ0v) is 13.6. The zero-order chi connectivity index (χ0) is 16.7. The van der Waals surface area contributed by atoms with E-state index in [1.54, 1.807) is 0 Å². The highest BCUT2D eigenvalue weighted by atomic mass is 16.5. The van der Waals surface area contributed by atoms with E-state index in [0.29, 0.717) is 11.5 Å². The van der Waals surface area contributed by atoms with Crippen molar-refractivity contribution in [3.63, 3.8) is 0 Å². The molecule has 0 atom stereocenters. The summed E-state index contributed by atoms with van der Waals surface area (Å²) in [6.45, 7) is 3.89. The summed E-state index contributed by atoms with van der Waals surface area (Å²) in [5, 5.41) is 1.03. The third kappa shape index (κ3) is 2.39. The minimum atomic E-state index is -0.413. The number of carbonyl (C=O) groups is 1. The van der Waals surface area contributed by atoms with Gasteiger partial charge in [0.1, 0.15) is 0 Å². The molecule has 0 bridgehead atoms. The molecular weight excluding hydrogens is 300 g/mol.